The van der Waals surface area contributed by atoms with Crippen molar-refractivity contribution in [3.8, 4) is 5.75 Å². The lowest BCUT2D eigenvalue weighted by molar-refractivity contribution is 0.102. The third-order valence-electron chi connectivity index (χ3n) is 2.83. The topological polar surface area (TPSA) is 50.7 Å². The molecule has 1 aromatic carbocycles. The van der Waals surface area contributed by atoms with Gasteiger partial charge in [0.25, 0.3) is 0 Å². The van der Waals surface area contributed by atoms with E-state index in [-0.39, 0.29) is 0 Å². The molecule has 1 heterocycles. The fourth-order valence-electron chi connectivity index (χ4n) is 1.78. The van der Waals surface area contributed by atoms with E-state index >= 15 is 0 Å². The van der Waals surface area contributed by atoms with Crippen LogP contribution in [-0.4, -0.2) is 43.6 Å². The second-order valence-electron chi connectivity index (χ2n) is 4.39. The van der Waals surface area contributed by atoms with Gasteiger partial charge in [0.2, 0.25) is 0 Å². The lowest BCUT2D eigenvalue weighted by Gasteiger charge is -2.16. The Morgan fingerprint density at radius 1 is 1.44 bits per heavy atom. The van der Waals surface area contributed by atoms with Crippen molar-refractivity contribution in [3.05, 3.63) is 28.7 Å². The SMILES string of the molecule is OC(CNC1CCOC1)COc1ccc(Br)cc1. The van der Waals surface area contributed by atoms with Crippen LogP contribution >= 0.6 is 15.9 Å². The molecule has 2 N–H and O–H groups in total. The van der Waals surface area contributed by atoms with E-state index in [1.54, 1.807) is 0 Å². The molecule has 1 aliphatic heterocycles. The van der Waals surface area contributed by atoms with Crippen molar-refractivity contribution in [3.63, 3.8) is 0 Å². The van der Waals surface area contributed by atoms with Gasteiger partial charge in [-0.25, -0.2) is 0 Å². The van der Waals surface area contributed by atoms with E-state index < -0.39 is 6.10 Å². The van der Waals surface area contributed by atoms with Gasteiger partial charge < -0.3 is 19.9 Å². The molecule has 1 saturated heterocycles. The summed E-state index contributed by atoms with van der Waals surface area (Å²) in [5, 5.41) is 13.1. The van der Waals surface area contributed by atoms with Gasteiger partial charge in [0.05, 0.1) is 6.61 Å². The largest absolute Gasteiger partial charge is 0.491 e. The summed E-state index contributed by atoms with van der Waals surface area (Å²) in [6, 6.07) is 7.93. The molecular formula is C13H18BrNO3. The van der Waals surface area contributed by atoms with E-state index in [4.69, 9.17) is 9.47 Å². The van der Waals surface area contributed by atoms with E-state index in [0.29, 0.717) is 19.2 Å². The zero-order chi connectivity index (χ0) is 12.8. The van der Waals surface area contributed by atoms with Crippen LogP contribution in [0.2, 0.25) is 0 Å². The third kappa shape index (κ3) is 4.57. The van der Waals surface area contributed by atoms with Crippen LogP contribution in [0, 0.1) is 0 Å². The zero-order valence-corrected chi connectivity index (χ0v) is 11.7. The maximum Gasteiger partial charge on any atom is 0.119 e. The first-order chi connectivity index (χ1) is 8.74. The normalized spacial score (nSPS) is 20.9. The summed E-state index contributed by atoms with van der Waals surface area (Å²) in [7, 11) is 0. The van der Waals surface area contributed by atoms with Crippen molar-refractivity contribution >= 4 is 15.9 Å². The molecule has 100 valence electrons. The highest BCUT2D eigenvalue weighted by molar-refractivity contribution is 9.10. The van der Waals surface area contributed by atoms with Crippen LogP contribution in [0.5, 0.6) is 5.75 Å². The lowest BCUT2D eigenvalue weighted by atomic mass is 10.2. The fraction of sp³-hybridized carbons (Fsp3) is 0.538. The van der Waals surface area contributed by atoms with Crippen LogP contribution in [0.15, 0.2) is 28.7 Å². The molecular weight excluding hydrogens is 298 g/mol. The van der Waals surface area contributed by atoms with E-state index in [1.807, 2.05) is 24.3 Å². The van der Waals surface area contributed by atoms with E-state index in [0.717, 1.165) is 29.9 Å². The van der Waals surface area contributed by atoms with E-state index in [1.165, 1.54) is 0 Å². The number of aliphatic hydroxyl groups excluding tert-OH is 1. The van der Waals surface area contributed by atoms with Crippen molar-refractivity contribution in [1.29, 1.82) is 0 Å². The average molecular weight is 316 g/mol. The molecule has 5 heteroatoms. The predicted molar refractivity (Wildman–Crippen MR) is 72.9 cm³/mol. The molecule has 1 aromatic rings. The predicted octanol–water partition coefficient (Wildman–Crippen LogP) is 1.57. The Balaban J connectivity index is 1.64. The maximum absolute atomic E-state index is 9.79. The summed E-state index contributed by atoms with van der Waals surface area (Å²) in [5.41, 5.74) is 0. The molecule has 0 bridgehead atoms. The standard InChI is InChI=1S/C13H18BrNO3/c14-10-1-3-13(4-2-10)18-9-12(16)7-15-11-5-6-17-8-11/h1-4,11-12,15-16H,5-9H2. The van der Waals surface area contributed by atoms with Gasteiger partial charge in [-0.2, -0.15) is 0 Å². The Bertz CT molecular complexity index is 352. The Kier molecular flexibility index (Phi) is 5.44. The highest BCUT2D eigenvalue weighted by atomic mass is 79.9. The van der Waals surface area contributed by atoms with Crippen molar-refractivity contribution in [2.45, 2.75) is 18.6 Å². The Morgan fingerprint density at radius 2 is 2.22 bits per heavy atom. The van der Waals surface area contributed by atoms with Crippen LogP contribution in [0.3, 0.4) is 0 Å². The number of benzene rings is 1. The van der Waals surface area contributed by atoms with Gasteiger partial charge in [0.1, 0.15) is 18.5 Å². The molecule has 0 spiro atoms. The minimum Gasteiger partial charge on any atom is -0.491 e. The van der Waals surface area contributed by atoms with Crippen LogP contribution in [-0.2, 0) is 4.74 Å². The monoisotopic (exact) mass is 315 g/mol. The number of nitrogens with one attached hydrogen (secondary N) is 1. The fourth-order valence-corrected chi connectivity index (χ4v) is 2.04. The van der Waals surface area contributed by atoms with Gasteiger partial charge in [-0.1, -0.05) is 15.9 Å². The second-order valence-corrected chi connectivity index (χ2v) is 5.30. The van der Waals surface area contributed by atoms with Gasteiger partial charge >= 0.3 is 0 Å². The summed E-state index contributed by atoms with van der Waals surface area (Å²) in [5.74, 6) is 0.765. The van der Waals surface area contributed by atoms with Gasteiger partial charge in [-0.3, -0.25) is 0 Å². The van der Waals surface area contributed by atoms with Crippen LogP contribution in [0.4, 0.5) is 0 Å². The highest BCUT2D eigenvalue weighted by Gasteiger charge is 2.16. The summed E-state index contributed by atoms with van der Waals surface area (Å²) in [4.78, 5) is 0. The Hall–Kier alpha value is -0.620. The van der Waals surface area contributed by atoms with Gasteiger partial charge in [0, 0.05) is 23.7 Å². The number of hydrogen-bond donors (Lipinski definition) is 2. The first kappa shape index (κ1) is 13.8. The molecule has 0 amide bonds. The van der Waals surface area contributed by atoms with Crippen molar-refractivity contribution in [2.75, 3.05) is 26.4 Å². The van der Waals surface area contributed by atoms with Crippen molar-refractivity contribution < 1.29 is 14.6 Å². The van der Waals surface area contributed by atoms with Gasteiger partial charge in [-0.05, 0) is 30.7 Å². The van der Waals surface area contributed by atoms with Crippen molar-refractivity contribution in [2.24, 2.45) is 0 Å². The smallest absolute Gasteiger partial charge is 0.119 e. The summed E-state index contributed by atoms with van der Waals surface area (Å²) < 4.78 is 11.8. The van der Waals surface area contributed by atoms with Crippen molar-refractivity contribution in [1.82, 2.24) is 5.32 Å². The lowest BCUT2D eigenvalue weighted by Crippen LogP contribution is -2.38. The van der Waals surface area contributed by atoms with Crippen LogP contribution < -0.4 is 10.1 Å². The molecule has 4 nitrogen and oxygen atoms in total. The Labute approximate surface area is 115 Å². The number of aliphatic hydroxyl groups is 1. The molecule has 0 aliphatic carbocycles. The van der Waals surface area contributed by atoms with Gasteiger partial charge in [-0.15, -0.1) is 0 Å². The molecule has 2 rings (SSSR count). The van der Waals surface area contributed by atoms with Gasteiger partial charge in [0.15, 0.2) is 0 Å². The summed E-state index contributed by atoms with van der Waals surface area (Å²) >= 11 is 3.36. The van der Waals surface area contributed by atoms with Crippen LogP contribution in [0.1, 0.15) is 6.42 Å². The number of hydrogen-bond acceptors (Lipinski definition) is 4. The van der Waals surface area contributed by atoms with Crippen LogP contribution in [0.25, 0.3) is 0 Å². The number of rotatable bonds is 6. The average Bonchev–Trinajstić information content (AvgIpc) is 2.89. The molecule has 0 radical (unpaired) electrons. The molecule has 1 fully saturated rings. The minimum atomic E-state index is -0.505. The molecule has 2 atom stereocenters. The molecule has 0 aromatic heterocycles. The summed E-state index contributed by atoms with van der Waals surface area (Å²) in [6.07, 6.45) is 0.509. The molecule has 18 heavy (non-hydrogen) atoms. The number of halogens is 1. The molecule has 1 aliphatic rings. The minimum absolute atomic E-state index is 0.294. The summed E-state index contributed by atoms with van der Waals surface area (Å²) in [6.45, 7) is 2.37. The molecule has 2 unspecified atom stereocenters. The third-order valence-corrected chi connectivity index (χ3v) is 3.36. The maximum atomic E-state index is 9.79. The highest BCUT2D eigenvalue weighted by Crippen LogP contribution is 2.16. The van der Waals surface area contributed by atoms with E-state index in [2.05, 4.69) is 21.2 Å². The first-order valence-electron chi connectivity index (χ1n) is 6.11. The zero-order valence-electron chi connectivity index (χ0n) is 10.1. The number of ether oxygens (including phenoxy) is 2. The first-order valence-corrected chi connectivity index (χ1v) is 6.91. The second kappa shape index (κ2) is 7.09. The molecule has 0 saturated carbocycles. The van der Waals surface area contributed by atoms with E-state index in [9.17, 15) is 5.11 Å². The quantitative estimate of drug-likeness (QED) is 0.836. The Morgan fingerprint density at radius 3 is 2.89 bits per heavy atom.